The fourth-order valence-corrected chi connectivity index (χ4v) is 2.36. The van der Waals surface area contributed by atoms with Gasteiger partial charge < -0.3 is 9.15 Å². The van der Waals surface area contributed by atoms with Gasteiger partial charge in [0.1, 0.15) is 11.2 Å². The maximum absolute atomic E-state index is 12.1. The van der Waals surface area contributed by atoms with E-state index in [1.54, 1.807) is 6.07 Å². The van der Waals surface area contributed by atoms with Gasteiger partial charge in [0.15, 0.2) is 12.2 Å². The molecule has 2 heterocycles. The molecule has 4 rings (SSSR count). The minimum absolute atomic E-state index is 0.0258. The van der Waals surface area contributed by atoms with E-state index in [1.807, 2.05) is 54.6 Å². The van der Waals surface area contributed by atoms with E-state index in [2.05, 4.69) is 9.97 Å². The number of fused-ring (bicyclic) bond motifs is 2. The summed E-state index contributed by atoms with van der Waals surface area (Å²) in [6.07, 6.45) is 0. The average molecular weight is 304 g/mol. The second-order valence-electron chi connectivity index (χ2n) is 5.04. The number of carbonyl (C=O) groups excluding carboxylic acids is 1. The van der Waals surface area contributed by atoms with E-state index >= 15 is 0 Å². The lowest BCUT2D eigenvalue weighted by atomic mass is 10.2. The Morgan fingerprint density at radius 2 is 1.70 bits per heavy atom. The first kappa shape index (κ1) is 13.5. The van der Waals surface area contributed by atoms with Gasteiger partial charge in [0.2, 0.25) is 5.89 Å². The Labute approximate surface area is 131 Å². The Kier molecular flexibility index (Phi) is 3.24. The van der Waals surface area contributed by atoms with Crippen molar-refractivity contribution in [2.24, 2.45) is 0 Å². The Balaban J connectivity index is 1.52. The largest absolute Gasteiger partial charge is 0.451 e. The number of hydrogen-bond donors (Lipinski definition) is 0. The van der Waals surface area contributed by atoms with Gasteiger partial charge in [-0.25, -0.2) is 14.8 Å². The quantitative estimate of drug-likeness (QED) is 0.539. The van der Waals surface area contributed by atoms with Crippen LogP contribution in [-0.4, -0.2) is 15.9 Å². The number of carbonyl (C=O) groups is 1. The Morgan fingerprint density at radius 3 is 2.57 bits per heavy atom. The summed E-state index contributed by atoms with van der Waals surface area (Å²) in [5.41, 5.74) is 2.42. The standard InChI is InChI=1S/C18H12N2O3/c21-18(15-10-9-12-5-1-2-6-13(12)19-15)22-11-17-20-14-7-3-4-8-16(14)23-17/h1-10H,11H2. The third-order valence-corrected chi connectivity index (χ3v) is 3.47. The van der Waals surface area contributed by atoms with E-state index in [4.69, 9.17) is 9.15 Å². The highest BCUT2D eigenvalue weighted by atomic mass is 16.5. The lowest BCUT2D eigenvalue weighted by molar-refractivity contribution is 0.0434. The zero-order valence-electron chi connectivity index (χ0n) is 12.1. The van der Waals surface area contributed by atoms with Crippen LogP contribution >= 0.6 is 0 Å². The highest BCUT2D eigenvalue weighted by Crippen LogP contribution is 2.16. The van der Waals surface area contributed by atoms with Crippen LogP contribution in [0.15, 0.2) is 65.1 Å². The molecule has 0 fully saturated rings. The number of ether oxygens (including phenoxy) is 1. The summed E-state index contributed by atoms with van der Waals surface area (Å²) in [5.74, 6) is -0.140. The van der Waals surface area contributed by atoms with Crippen LogP contribution in [0.25, 0.3) is 22.0 Å². The molecule has 2 aromatic carbocycles. The molecule has 0 atom stereocenters. The van der Waals surface area contributed by atoms with Gasteiger partial charge in [-0.1, -0.05) is 36.4 Å². The van der Waals surface area contributed by atoms with E-state index in [1.165, 1.54) is 0 Å². The van der Waals surface area contributed by atoms with E-state index in [0.29, 0.717) is 11.5 Å². The van der Waals surface area contributed by atoms with Gasteiger partial charge in [-0.2, -0.15) is 0 Å². The molecular formula is C18H12N2O3. The first-order chi connectivity index (χ1) is 11.3. The Hall–Kier alpha value is -3.21. The molecule has 0 saturated heterocycles. The molecule has 23 heavy (non-hydrogen) atoms. The lowest BCUT2D eigenvalue weighted by Crippen LogP contribution is -2.07. The first-order valence-electron chi connectivity index (χ1n) is 7.17. The molecule has 5 nitrogen and oxygen atoms in total. The maximum Gasteiger partial charge on any atom is 0.357 e. The van der Waals surface area contributed by atoms with Crippen LogP contribution in [0, 0.1) is 0 Å². The number of benzene rings is 2. The summed E-state index contributed by atoms with van der Waals surface area (Å²) in [5, 5.41) is 0.975. The average Bonchev–Trinajstić information content (AvgIpc) is 3.02. The number of para-hydroxylation sites is 3. The minimum Gasteiger partial charge on any atom is -0.451 e. The van der Waals surface area contributed by atoms with Gasteiger partial charge in [-0.05, 0) is 24.3 Å². The van der Waals surface area contributed by atoms with E-state index in [-0.39, 0.29) is 12.3 Å². The fraction of sp³-hybridized carbons (Fsp3) is 0.0556. The summed E-state index contributed by atoms with van der Waals surface area (Å²) in [7, 11) is 0. The summed E-state index contributed by atoms with van der Waals surface area (Å²) in [6, 6.07) is 18.5. The number of nitrogens with zero attached hydrogens (tertiary/aromatic N) is 2. The van der Waals surface area contributed by atoms with Crippen molar-refractivity contribution in [3.63, 3.8) is 0 Å². The van der Waals surface area contributed by atoms with Gasteiger partial charge >= 0.3 is 5.97 Å². The van der Waals surface area contributed by atoms with Crippen molar-refractivity contribution in [1.82, 2.24) is 9.97 Å². The number of oxazole rings is 1. The molecule has 0 aliphatic carbocycles. The molecule has 0 spiro atoms. The topological polar surface area (TPSA) is 65.2 Å². The van der Waals surface area contributed by atoms with Gasteiger partial charge in [-0.3, -0.25) is 0 Å². The fourth-order valence-electron chi connectivity index (χ4n) is 2.36. The molecule has 112 valence electrons. The molecule has 0 aliphatic heterocycles. The van der Waals surface area contributed by atoms with Crippen molar-refractivity contribution in [3.05, 3.63) is 72.2 Å². The maximum atomic E-state index is 12.1. The lowest BCUT2D eigenvalue weighted by Gasteiger charge is -2.03. The molecule has 0 N–H and O–H groups in total. The molecular weight excluding hydrogens is 292 g/mol. The monoisotopic (exact) mass is 304 g/mol. The minimum atomic E-state index is -0.502. The number of pyridine rings is 1. The predicted molar refractivity (Wildman–Crippen MR) is 84.9 cm³/mol. The zero-order chi connectivity index (χ0) is 15.6. The van der Waals surface area contributed by atoms with Gasteiger partial charge in [0.25, 0.3) is 0 Å². The summed E-state index contributed by atoms with van der Waals surface area (Å²) >= 11 is 0. The zero-order valence-corrected chi connectivity index (χ0v) is 12.1. The molecule has 0 unspecified atom stereocenters. The van der Waals surface area contributed by atoms with Crippen molar-refractivity contribution in [2.75, 3.05) is 0 Å². The highest BCUT2D eigenvalue weighted by molar-refractivity contribution is 5.91. The molecule has 0 radical (unpaired) electrons. The van der Waals surface area contributed by atoms with Gasteiger partial charge in [0.05, 0.1) is 5.52 Å². The highest BCUT2D eigenvalue weighted by Gasteiger charge is 2.12. The molecule has 2 aromatic heterocycles. The van der Waals surface area contributed by atoms with Crippen LogP contribution in [0.4, 0.5) is 0 Å². The number of rotatable bonds is 3. The van der Waals surface area contributed by atoms with Crippen LogP contribution < -0.4 is 0 Å². The van der Waals surface area contributed by atoms with E-state index in [0.717, 1.165) is 16.4 Å². The summed E-state index contributed by atoms with van der Waals surface area (Å²) < 4.78 is 10.8. The Bertz CT molecular complexity index is 974. The molecule has 0 amide bonds. The predicted octanol–water partition coefficient (Wildman–Crippen LogP) is 3.73. The van der Waals surface area contributed by atoms with Crippen molar-refractivity contribution >= 4 is 28.0 Å². The summed E-state index contributed by atoms with van der Waals surface area (Å²) in [6.45, 7) is -0.0258. The normalized spacial score (nSPS) is 11.0. The van der Waals surface area contributed by atoms with Crippen LogP contribution in [0.2, 0.25) is 0 Å². The molecule has 0 bridgehead atoms. The number of esters is 1. The van der Waals surface area contributed by atoms with Crippen molar-refractivity contribution in [2.45, 2.75) is 6.61 Å². The molecule has 0 aliphatic rings. The smallest absolute Gasteiger partial charge is 0.357 e. The SMILES string of the molecule is O=C(OCc1nc2ccccc2o1)c1ccc2ccccc2n1. The third-order valence-electron chi connectivity index (χ3n) is 3.47. The van der Waals surface area contributed by atoms with E-state index in [9.17, 15) is 4.79 Å². The van der Waals surface area contributed by atoms with E-state index < -0.39 is 5.97 Å². The molecule has 4 aromatic rings. The van der Waals surface area contributed by atoms with Crippen LogP contribution in [0.1, 0.15) is 16.4 Å². The number of hydrogen-bond acceptors (Lipinski definition) is 5. The second-order valence-corrected chi connectivity index (χ2v) is 5.04. The van der Waals surface area contributed by atoms with Crippen LogP contribution in [-0.2, 0) is 11.3 Å². The third kappa shape index (κ3) is 2.64. The van der Waals surface area contributed by atoms with Crippen molar-refractivity contribution < 1.29 is 13.9 Å². The van der Waals surface area contributed by atoms with Gasteiger partial charge in [0, 0.05) is 5.39 Å². The van der Waals surface area contributed by atoms with Crippen LogP contribution in [0.5, 0.6) is 0 Å². The van der Waals surface area contributed by atoms with Crippen molar-refractivity contribution in [1.29, 1.82) is 0 Å². The van der Waals surface area contributed by atoms with Crippen molar-refractivity contribution in [3.8, 4) is 0 Å². The van der Waals surface area contributed by atoms with Gasteiger partial charge in [-0.15, -0.1) is 0 Å². The Morgan fingerprint density at radius 1 is 0.913 bits per heavy atom. The second kappa shape index (κ2) is 5.53. The molecule has 0 saturated carbocycles. The first-order valence-corrected chi connectivity index (χ1v) is 7.17. The molecule has 5 heteroatoms. The number of aromatic nitrogens is 2. The van der Waals surface area contributed by atoms with Crippen LogP contribution in [0.3, 0.4) is 0 Å². The summed E-state index contributed by atoms with van der Waals surface area (Å²) in [4.78, 5) is 20.7.